The number of anilines is 1. The molecule has 0 unspecified atom stereocenters. The lowest BCUT2D eigenvalue weighted by atomic mass is 10.1. The monoisotopic (exact) mass is 213 g/mol. The van der Waals surface area contributed by atoms with E-state index in [1.54, 1.807) is 0 Å². The Morgan fingerprint density at radius 1 is 1.21 bits per heavy atom. The number of nitrogens with two attached hydrogens (primary N) is 1. The fourth-order valence-electron chi connectivity index (χ4n) is 0.943. The van der Waals surface area contributed by atoms with Crippen molar-refractivity contribution < 1.29 is 19.8 Å². The molecule has 5 nitrogen and oxygen atoms in total. The van der Waals surface area contributed by atoms with Crippen LogP contribution in [0.5, 0.6) is 0 Å². The van der Waals surface area contributed by atoms with Gasteiger partial charge in [0.1, 0.15) is 0 Å². The number of benzene rings is 1. The number of hydrogen-bond acceptors (Lipinski definition) is 4. The fourth-order valence-corrected chi connectivity index (χ4v) is 1.17. The highest BCUT2D eigenvalue weighted by molar-refractivity contribution is 7.80. The average molecular weight is 213 g/mol. The summed E-state index contributed by atoms with van der Waals surface area (Å²) in [6.07, 6.45) is 0. The van der Waals surface area contributed by atoms with Crippen LogP contribution in [0.3, 0.4) is 0 Å². The summed E-state index contributed by atoms with van der Waals surface area (Å²) in [5.74, 6) is -2.49. The molecule has 1 rings (SSSR count). The van der Waals surface area contributed by atoms with Crippen LogP contribution < -0.4 is 5.73 Å². The Labute approximate surface area is 84.6 Å². The van der Waals surface area contributed by atoms with Crippen molar-refractivity contribution in [2.75, 3.05) is 5.73 Å². The standard InChI is InChI=1S/C8H7NO4S/c9-5-2-3(7(10)11)1-4(6(5)14)8(12)13/h1-2,14H,9H2,(H,10,11)(H,12,13). The highest BCUT2D eigenvalue weighted by atomic mass is 32.1. The topological polar surface area (TPSA) is 101 Å². The van der Waals surface area contributed by atoms with Crippen molar-refractivity contribution in [3.63, 3.8) is 0 Å². The zero-order valence-electron chi connectivity index (χ0n) is 6.89. The Morgan fingerprint density at radius 2 is 1.79 bits per heavy atom. The second-order valence-electron chi connectivity index (χ2n) is 2.57. The van der Waals surface area contributed by atoms with Crippen LogP contribution in [0.2, 0.25) is 0 Å². The van der Waals surface area contributed by atoms with Gasteiger partial charge in [0.15, 0.2) is 0 Å². The van der Waals surface area contributed by atoms with Crippen molar-refractivity contribution in [3.8, 4) is 0 Å². The maximum absolute atomic E-state index is 10.7. The Morgan fingerprint density at radius 3 is 2.21 bits per heavy atom. The summed E-state index contributed by atoms with van der Waals surface area (Å²) in [5, 5.41) is 17.3. The Kier molecular flexibility index (Phi) is 2.66. The minimum absolute atomic E-state index is 0.0330. The molecule has 0 amide bonds. The van der Waals surface area contributed by atoms with Gasteiger partial charge in [0.25, 0.3) is 0 Å². The summed E-state index contributed by atoms with van der Waals surface area (Å²) in [4.78, 5) is 21.3. The molecule has 6 heteroatoms. The molecule has 0 spiro atoms. The smallest absolute Gasteiger partial charge is 0.336 e. The Bertz CT molecular complexity index is 416. The van der Waals surface area contributed by atoms with Crippen LogP contribution in [0.15, 0.2) is 17.0 Å². The number of nitrogen functional groups attached to an aromatic ring is 1. The molecule has 0 aliphatic carbocycles. The number of aromatic carboxylic acids is 2. The van der Waals surface area contributed by atoms with E-state index in [2.05, 4.69) is 12.6 Å². The van der Waals surface area contributed by atoms with E-state index in [9.17, 15) is 9.59 Å². The molecule has 14 heavy (non-hydrogen) atoms. The Balaban J connectivity index is 3.43. The third-order valence-corrected chi connectivity index (χ3v) is 2.12. The van der Waals surface area contributed by atoms with Crippen molar-refractivity contribution in [1.82, 2.24) is 0 Å². The van der Waals surface area contributed by atoms with E-state index in [1.807, 2.05) is 0 Å². The predicted octanol–water partition coefficient (Wildman–Crippen LogP) is 0.954. The molecule has 0 radical (unpaired) electrons. The quantitative estimate of drug-likeness (QED) is 0.433. The second-order valence-corrected chi connectivity index (χ2v) is 3.02. The van der Waals surface area contributed by atoms with Crippen molar-refractivity contribution in [3.05, 3.63) is 23.3 Å². The van der Waals surface area contributed by atoms with Crippen molar-refractivity contribution in [2.24, 2.45) is 0 Å². The average Bonchev–Trinajstić information content (AvgIpc) is 2.08. The third kappa shape index (κ3) is 1.80. The van der Waals surface area contributed by atoms with Gasteiger partial charge < -0.3 is 15.9 Å². The first-order valence-electron chi connectivity index (χ1n) is 3.52. The number of hydrogen-bond donors (Lipinski definition) is 4. The van der Waals surface area contributed by atoms with Crippen LogP contribution in [0.25, 0.3) is 0 Å². The van der Waals surface area contributed by atoms with Gasteiger partial charge in [0.05, 0.1) is 11.1 Å². The van der Waals surface area contributed by atoms with Crippen molar-refractivity contribution in [1.29, 1.82) is 0 Å². The van der Waals surface area contributed by atoms with Gasteiger partial charge in [-0.15, -0.1) is 12.6 Å². The molecule has 1 aromatic rings. The predicted molar refractivity (Wildman–Crippen MR) is 52.0 cm³/mol. The summed E-state index contributed by atoms with van der Waals surface area (Å²) in [6, 6.07) is 2.18. The van der Waals surface area contributed by atoms with E-state index in [4.69, 9.17) is 15.9 Å². The van der Waals surface area contributed by atoms with Crippen LogP contribution >= 0.6 is 12.6 Å². The van der Waals surface area contributed by atoms with E-state index >= 15 is 0 Å². The minimum atomic E-state index is -1.26. The molecule has 1 aromatic carbocycles. The minimum Gasteiger partial charge on any atom is -0.478 e. The van der Waals surface area contributed by atoms with Gasteiger partial charge in [0.2, 0.25) is 0 Å². The van der Waals surface area contributed by atoms with Gasteiger partial charge in [-0.2, -0.15) is 0 Å². The zero-order valence-corrected chi connectivity index (χ0v) is 7.78. The highest BCUT2D eigenvalue weighted by Crippen LogP contribution is 2.23. The van der Waals surface area contributed by atoms with Gasteiger partial charge in [-0.25, -0.2) is 9.59 Å². The molecule has 0 aliphatic rings. The first-order valence-corrected chi connectivity index (χ1v) is 3.97. The van der Waals surface area contributed by atoms with Gasteiger partial charge in [-0.1, -0.05) is 0 Å². The first-order chi connectivity index (χ1) is 6.43. The summed E-state index contributed by atoms with van der Waals surface area (Å²) in [5.41, 5.74) is 5.04. The number of carbonyl (C=O) groups is 2. The first kappa shape index (κ1) is 10.4. The van der Waals surface area contributed by atoms with Gasteiger partial charge >= 0.3 is 11.9 Å². The maximum Gasteiger partial charge on any atom is 0.336 e. The molecular weight excluding hydrogens is 206 g/mol. The second kappa shape index (κ2) is 3.59. The fraction of sp³-hybridized carbons (Fsp3) is 0. The van der Waals surface area contributed by atoms with Crippen LogP contribution in [0.4, 0.5) is 5.69 Å². The molecular formula is C8H7NO4S. The summed E-state index contributed by atoms with van der Waals surface area (Å²) < 4.78 is 0. The van der Waals surface area contributed by atoms with Gasteiger partial charge in [-0.3, -0.25) is 0 Å². The molecule has 0 saturated heterocycles. The van der Waals surface area contributed by atoms with E-state index in [0.717, 1.165) is 12.1 Å². The number of carboxylic acids is 2. The molecule has 4 N–H and O–H groups in total. The zero-order chi connectivity index (χ0) is 10.9. The third-order valence-electron chi connectivity index (χ3n) is 1.62. The molecule has 0 saturated carbocycles. The van der Waals surface area contributed by atoms with Crippen LogP contribution in [-0.4, -0.2) is 22.2 Å². The molecule has 0 atom stereocenters. The van der Waals surface area contributed by atoms with Gasteiger partial charge in [0, 0.05) is 10.6 Å². The Hall–Kier alpha value is -1.69. The van der Waals surface area contributed by atoms with Gasteiger partial charge in [-0.05, 0) is 12.1 Å². The van der Waals surface area contributed by atoms with E-state index in [0.29, 0.717) is 0 Å². The van der Waals surface area contributed by atoms with E-state index in [-0.39, 0.29) is 21.7 Å². The molecule has 74 valence electrons. The van der Waals surface area contributed by atoms with Crippen LogP contribution in [-0.2, 0) is 0 Å². The van der Waals surface area contributed by atoms with Crippen molar-refractivity contribution >= 4 is 30.3 Å². The summed E-state index contributed by atoms with van der Waals surface area (Å²) >= 11 is 3.87. The van der Waals surface area contributed by atoms with Crippen LogP contribution in [0, 0.1) is 0 Å². The highest BCUT2D eigenvalue weighted by Gasteiger charge is 2.14. The lowest BCUT2D eigenvalue weighted by molar-refractivity contribution is 0.0693. The summed E-state index contributed by atoms with van der Waals surface area (Å²) in [7, 11) is 0. The van der Waals surface area contributed by atoms with Crippen LogP contribution in [0.1, 0.15) is 20.7 Å². The molecule has 0 heterocycles. The largest absolute Gasteiger partial charge is 0.478 e. The molecule has 0 aromatic heterocycles. The number of thiol groups is 1. The number of rotatable bonds is 2. The maximum atomic E-state index is 10.7. The lowest BCUT2D eigenvalue weighted by Crippen LogP contribution is -2.06. The molecule has 0 aliphatic heterocycles. The van der Waals surface area contributed by atoms with E-state index < -0.39 is 11.9 Å². The molecule has 0 fully saturated rings. The van der Waals surface area contributed by atoms with Crippen molar-refractivity contribution in [2.45, 2.75) is 4.90 Å². The number of carboxylic acid groups (broad SMARTS) is 2. The lowest BCUT2D eigenvalue weighted by Gasteiger charge is -2.05. The SMILES string of the molecule is Nc1cc(C(=O)O)cc(C(=O)O)c1S. The molecule has 0 bridgehead atoms. The van der Waals surface area contributed by atoms with E-state index in [1.165, 1.54) is 0 Å². The summed E-state index contributed by atoms with van der Waals surface area (Å²) in [6.45, 7) is 0. The normalized spacial score (nSPS) is 9.79.